The van der Waals surface area contributed by atoms with Crippen LogP contribution in [-0.4, -0.2) is 30.1 Å². The van der Waals surface area contributed by atoms with Gasteiger partial charge in [0.25, 0.3) is 0 Å². The van der Waals surface area contributed by atoms with E-state index in [1.807, 2.05) is 0 Å². The van der Waals surface area contributed by atoms with Gasteiger partial charge in [0.1, 0.15) is 0 Å². The molecular formula is C6H8BrF2NO2. The van der Waals surface area contributed by atoms with Crippen molar-refractivity contribution in [2.24, 2.45) is 0 Å². The van der Waals surface area contributed by atoms with Crippen molar-refractivity contribution in [2.45, 2.75) is 5.92 Å². The molecule has 0 amide bonds. The first-order chi connectivity index (χ1) is 5.36. The van der Waals surface area contributed by atoms with Crippen LogP contribution in [0.5, 0.6) is 0 Å². The number of nitrogens with one attached hydrogen (secondary N) is 1. The molecule has 70 valence electrons. The second-order valence-electron chi connectivity index (χ2n) is 2.13. The lowest BCUT2D eigenvalue weighted by Crippen LogP contribution is -2.40. The maximum atomic E-state index is 12.3. The third kappa shape index (κ3) is 4.40. The highest BCUT2D eigenvalue weighted by Gasteiger charge is 2.37. The Morgan fingerprint density at radius 3 is 2.50 bits per heavy atom. The molecule has 0 aliphatic rings. The number of hydrogen-bond donors (Lipinski definition) is 2. The van der Waals surface area contributed by atoms with Gasteiger partial charge in [0.05, 0.1) is 6.54 Å². The minimum absolute atomic E-state index is 0.114. The smallest absolute Gasteiger partial charge is 0.375 e. The van der Waals surface area contributed by atoms with Crippen molar-refractivity contribution in [1.29, 1.82) is 0 Å². The summed E-state index contributed by atoms with van der Waals surface area (Å²) in [6.07, 6.45) is 0. The zero-order valence-corrected chi connectivity index (χ0v) is 7.70. The normalized spacial score (nSPS) is 11.2. The average Bonchev–Trinajstić information content (AvgIpc) is 1.85. The Kier molecular flexibility index (Phi) is 4.33. The maximum absolute atomic E-state index is 12.3. The summed E-state index contributed by atoms with van der Waals surface area (Å²) in [6.45, 7) is 2.60. The fourth-order valence-corrected chi connectivity index (χ4v) is 0.629. The lowest BCUT2D eigenvalue weighted by Gasteiger charge is -2.11. The molecule has 0 bridgehead atoms. The molecule has 0 radical (unpaired) electrons. The third-order valence-corrected chi connectivity index (χ3v) is 1.26. The van der Waals surface area contributed by atoms with Gasteiger partial charge < -0.3 is 10.4 Å². The Balaban J connectivity index is 3.76. The minimum atomic E-state index is -3.72. The summed E-state index contributed by atoms with van der Waals surface area (Å²) < 4.78 is 25.1. The van der Waals surface area contributed by atoms with Crippen LogP contribution in [0, 0.1) is 0 Å². The molecule has 0 rings (SSSR count). The maximum Gasteiger partial charge on any atom is 0.375 e. The van der Waals surface area contributed by atoms with E-state index in [2.05, 4.69) is 27.8 Å². The van der Waals surface area contributed by atoms with E-state index in [0.29, 0.717) is 4.48 Å². The van der Waals surface area contributed by atoms with Crippen molar-refractivity contribution in [3.63, 3.8) is 0 Å². The number of alkyl halides is 2. The van der Waals surface area contributed by atoms with E-state index in [1.165, 1.54) is 0 Å². The fourth-order valence-electron chi connectivity index (χ4n) is 0.431. The monoisotopic (exact) mass is 243 g/mol. The molecule has 0 unspecified atom stereocenters. The summed E-state index contributed by atoms with van der Waals surface area (Å²) in [5, 5.41) is 10.2. The van der Waals surface area contributed by atoms with E-state index in [9.17, 15) is 13.6 Å². The molecular weight excluding hydrogens is 236 g/mol. The molecule has 0 fully saturated rings. The zero-order chi connectivity index (χ0) is 9.78. The van der Waals surface area contributed by atoms with Crippen molar-refractivity contribution in [1.82, 2.24) is 5.32 Å². The Bertz CT molecular complexity index is 196. The molecule has 0 saturated carbocycles. The van der Waals surface area contributed by atoms with E-state index < -0.39 is 18.4 Å². The topological polar surface area (TPSA) is 49.3 Å². The van der Waals surface area contributed by atoms with Gasteiger partial charge in [-0.2, -0.15) is 8.78 Å². The summed E-state index contributed by atoms with van der Waals surface area (Å²) in [5.74, 6) is -5.85. The van der Waals surface area contributed by atoms with E-state index in [0.717, 1.165) is 0 Å². The van der Waals surface area contributed by atoms with E-state index >= 15 is 0 Å². The predicted molar refractivity (Wildman–Crippen MR) is 43.5 cm³/mol. The summed E-state index contributed by atoms with van der Waals surface area (Å²) in [7, 11) is 0. The first-order valence-corrected chi connectivity index (χ1v) is 3.81. The zero-order valence-electron chi connectivity index (χ0n) is 6.11. The van der Waals surface area contributed by atoms with Crippen molar-refractivity contribution >= 4 is 21.9 Å². The number of aliphatic carboxylic acids is 1. The van der Waals surface area contributed by atoms with Crippen LogP contribution in [0.3, 0.4) is 0 Å². The quantitative estimate of drug-likeness (QED) is 0.764. The molecule has 0 spiro atoms. The first kappa shape index (κ1) is 11.5. The number of carbonyl (C=O) groups is 1. The lowest BCUT2D eigenvalue weighted by molar-refractivity contribution is -0.163. The van der Waals surface area contributed by atoms with Gasteiger partial charge >= 0.3 is 11.9 Å². The first-order valence-electron chi connectivity index (χ1n) is 3.01. The highest BCUT2D eigenvalue weighted by molar-refractivity contribution is 9.11. The number of halogens is 3. The largest absolute Gasteiger partial charge is 0.477 e. The highest BCUT2D eigenvalue weighted by atomic mass is 79.9. The van der Waals surface area contributed by atoms with E-state index in [-0.39, 0.29) is 6.54 Å². The van der Waals surface area contributed by atoms with Crippen LogP contribution in [0.1, 0.15) is 0 Å². The van der Waals surface area contributed by atoms with Crippen LogP contribution >= 0.6 is 15.9 Å². The van der Waals surface area contributed by atoms with Gasteiger partial charge in [-0.1, -0.05) is 22.5 Å². The number of carboxylic acids is 1. The fraction of sp³-hybridized carbons (Fsp3) is 0.500. The summed E-state index contributed by atoms with van der Waals surface area (Å²) in [5.41, 5.74) is 0. The lowest BCUT2D eigenvalue weighted by atomic mass is 10.3. The predicted octanol–water partition coefficient (Wildman–Crippen LogP) is 1.20. The highest BCUT2D eigenvalue weighted by Crippen LogP contribution is 2.11. The van der Waals surface area contributed by atoms with Crippen molar-refractivity contribution < 1.29 is 18.7 Å². The van der Waals surface area contributed by atoms with Gasteiger partial charge in [-0.15, -0.1) is 0 Å². The summed E-state index contributed by atoms with van der Waals surface area (Å²) in [6, 6.07) is 0. The third-order valence-electron chi connectivity index (χ3n) is 0.977. The molecule has 0 aromatic carbocycles. The van der Waals surface area contributed by atoms with Crippen LogP contribution in [0.2, 0.25) is 0 Å². The van der Waals surface area contributed by atoms with Crippen LogP contribution in [0.4, 0.5) is 8.78 Å². The molecule has 0 saturated heterocycles. The van der Waals surface area contributed by atoms with Gasteiger partial charge in [0.2, 0.25) is 0 Å². The average molecular weight is 244 g/mol. The molecule has 0 atom stereocenters. The molecule has 0 aromatic heterocycles. The standard InChI is InChI=1S/C6H8BrF2NO2/c1-4(7)2-10-3-6(8,9)5(11)12/h10H,1-3H2,(H,11,12). The number of hydrogen-bond acceptors (Lipinski definition) is 2. The Morgan fingerprint density at radius 1 is 1.67 bits per heavy atom. The van der Waals surface area contributed by atoms with E-state index in [4.69, 9.17) is 5.11 Å². The molecule has 0 aliphatic heterocycles. The van der Waals surface area contributed by atoms with Gasteiger partial charge in [-0.25, -0.2) is 4.79 Å². The SMILES string of the molecule is C=C(Br)CNCC(F)(F)C(=O)O. The van der Waals surface area contributed by atoms with Crippen LogP contribution < -0.4 is 5.32 Å². The van der Waals surface area contributed by atoms with Crippen LogP contribution in [0.25, 0.3) is 0 Å². The molecule has 0 aliphatic carbocycles. The Morgan fingerprint density at radius 2 is 2.17 bits per heavy atom. The van der Waals surface area contributed by atoms with Gasteiger partial charge in [-0.05, 0) is 0 Å². The van der Waals surface area contributed by atoms with Crippen molar-refractivity contribution in [3.8, 4) is 0 Å². The van der Waals surface area contributed by atoms with Gasteiger partial charge in [0.15, 0.2) is 0 Å². The van der Waals surface area contributed by atoms with Crippen LogP contribution in [-0.2, 0) is 4.79 Å². The second-order valence-corrected chi connectivity index (χ2v) is 3.25. The molecule has 2 N–H and O–H groups in total. The molecule has 0 heterocycles. The Labute approximate surface area is 76.6 Å². The minimum Gasteiger partial charge on any atom is -0.477 e. The van der Waals surface area contributed by atoms with Crippen molar-refractivity contribution in [3.05, 3.63) is 11.1 Å². The number of carboxylic acid groups (broad SMARTS) is 1. The van der Waals surface area contributed by atoms with Gasteiger partial charge in [0, 0.05) is 11.0 Å². The molecule has 6 heteroatoms. The van der Waals surface area contributed by atoms with E-state index in [1.54, 1.807) is 0 Å². The van der Waals surface area contributed by atoms with Crippen LogP contribution in [0.15, 0.2) is 11.1 Å². The Hall–Kier alpha value is -0.490. The summed E-state index contributed by atoms with van der Waals surface area (Å²) >= 11 is 2.93. The summed E-state index contributed by atoms with van der Waals surface area (Å²) in [4.78, 5) is 9.87. The second kappa shape index (κ2) is 4.51. The van der Waals surface area contributed by atoms with Gasteiger partial charge in [-0.3, -0.25) is 0 Å². The molecule has 3 nitrogen and oxygen atoms in total. The van der Waals surface area contributed by atoms with Crippen molar-refractivity contribution in [2.75, 3.05) is 13.1 Å². The number of rotatable bonds is 5. The molecule has 0 aromatic rings. The molecule has 12 heavy (non-hydrogen) atoms.